The smallest absolute Gasteiger partial charge is 0.173 e. The van der Waals surface area contributed by atoms with Crippen LogP contribution in [0, 0.1) is 11.8 Å². The second-order valence-electron chi connectivity index (χ2n) is 5.89. The summed E-state index contributed by atoms with van der Waals surface area (Å²) in [5, 5.41) is 11.3. The van der Waals surface area contributed by atoms with Gasteiger partial charge in [0.05, 0.1) is 16.3 Å². The van der Waals surface area contributed by atoms with Crippen molar-refractivity contribution < 1.29 is 9.84 Å². The highest BCUT2D eigenvalue weighted by Gasteiger charge is 2.32. The SMILES string of the molecule is CCC(CC(O)C(N)Oc1cccc2sncc12)C1CC1. The Balaban J connectivity index is 1.64. The lowest BCUT2D eigenvalue weighted by Crippen LogP contribution is -2.41. The number of aromatic nitrogens is 1. The molecule has 21 heavy (non-hydrogen) atoms. The molecule has 0 aliphatic heterocycles. The summed E-state index contributed by atoms with van der Waals surface area (Å²) in [6, 6.07) is 5.80. The zero-order valence-electron chi connectivity index (χ0n) is 12.2. The van der Waals surface area contributed by atoms with Gasteiger partial charge in [-0.15, -0.1) is 0 Å². The molecular weight excluding hydrogens is 284 g/mol. The molecule has 1 fully saturated rings. The maximum absolute atomic E-state index is 10.3. The maximum Gasteiger partial charge on any atom is 0.173 e. The molecule has 2 aromatic rings. The number of nitrogens with zero attached hydrogens (tertiary/aromatic N) is 1. The Kier molecular flexibility index (Phi) is 4.42. The second kappa shape index (κ2) is 6.30. The molecule has 1 aliphatic carbocycles. The molecule has 3 N–H and O–H groups in total. The third-order valence-electron chi connectivity index (χ3n) is 4.36. The van der Waals surface area contributed by atoms with Crippen molar-refractivity contribution in [2.75, 3.05) is 0 Å². The van der Waals surface area contributed by atoms with Crippen LogP contribution < -0.4 is 10.5 Å². The summed E-state index contributed by atoms with van der Waals surface area (Å²) < 4.78 is 11.0. The number of hydrogen-bond acceptors (Lipinski definition) is 5. The summed E-state index contributed by atoms with van der Waals surface area (Å²) in [7, 11) is 0. The van der Waals surface area contributed by atoms with Gasteiger partial charge in [-0.05, 0) is 54.8 Å². The number of benzene rings is 1. The molecule has 5 heteroatoms. The van der Waals surface area contributed by atoms with E-state index in [9.17, 15) is 5.11 Å². The first-order valence-electron chi connectivity index (χ1n) is 7.62. The highest BCUT2D eigenvalue weighted by atomic mass is 32.1. The molecule has 114 valence electrons. The van der Waals surface area contributed by atoms with Gasteiger partial charge in [0.25, 0.3) is 0 Å². The molecule has 4 nitrogen and oxygen atoms in total. The first-order valence-corrected chi connectivity index (χ1v) is 8.40. The van der Waals surface area contributed by atoms with Crippen molar-refractivity contribution in [3.05, 3.63) is 24.4 Å². The lowest BCUT2D eigenvalue weighted by atomic mass is 9.93. The van der Waals surface area contributed by atoms with Crippen LogP contribution >= 0.6 is 11.5 Å². The molecule has 1 aromatic carbocycles. The molecule has 0 amide bonds. The van der Waals surface area contributed by atoms with Crippen molar-refractivity contribution in [2.45, 2.75) is 44.9 Å². The zero-order chi connectivity index (χ0) is 14.8. The van der Waals surface area contributed by atoms with Crippen LogP contribution in [0.3, 0.4) is 0 Å². The molecular formula is C16H22N2O2S. The van der Waals surface area contributed by atoms with Gasteiger partial charge in [0.15, 0.2) is 6.23 Å². The van der Waals surface area contributed by atoms with E-state index in [1.807, 2.05) is 18.2 Å². The van der Waals surface area contributed by atoms with Crippen molar-refractivity contribution in [1.82, 2.24) is 4.37 Å². The largest absolute Gasteiger partial charge is 0.472 e. The molecule has 3 unspecified atom stereocenters. The fourth-order valence-corrected chi connectivity index (χ4v) is 3.56. The summed E-state index contributed by atoms with van der Waals surface area (Å²) in [4.78, 5) is 0. The van der Waals surface area contributed by atoms with Gasteiger partial charge < -0.3 is 9.84 Å². The van der Waals surface area contributed by atoms with E-state index in [1.165, 1.54) is 24.4 Å². The van der Waals surface area contributed by atoms with Crippen LogP contribution in [0.15, 0.2) is 24.4 Å². The van der Waals surface area contributed by atoms with Gasteiger partial charge in [0.1, 0.15) is 11.9 Å². The van der Waals surface area contributed by atoms with Gasteiger partial charge in [-0.3, -0.25) is 5.73 Å². The normalized spacial score (nSPS) is 19.4. The molecule has 0 radical (unpaired) electrons. The molecule has 0 saturated heterocycles. The van der Waals surface area contributed by atoms with E-state index in [4.69, 9.17) is 10.5 Å². The van der Waals surface area contributed by atoms with E-state index in [1.54, 1.807) is 6.20 Å². The van der Waals surface area contributed by atoms with Crippen molar-refractivity contribution in [3.8, 4) is 5.75 Å². The van der Waals surface area contributed by atoms with Crippen LogP contribution in [0.4, 0.5) is 0 Å². The number of hydrogen-bond donors (Lipinski definition) is 2. The molecule has 0 spiro atoms. The summed E-state index contributed by atoms with van der Waals surface area (Å²) >= 11 is 1.43. The van der Waals surface area contributed by atoms with Crippen LogP contribution in [0.2, 0.25) is 0 Å². The standard InChI is InChI=1S/C16H22N2O2S/c1-2-10(11-6-7-11)8-13(19)16(17)20-14-4-3-5-15-12(14)9-18-21-15/h3-5,9-11,13,16,19H,2,6-8,17H2,1H3. The van der Waals surface area contributed by atoms with E-state index >= 15 is 0 Å². The van der Waals surface area contributed by atoms with Crippen molar-refractivity contribution in [2.24, 2.45) is 17.6 Å². The summed E-state index contributed by atoms with van der Waals surface area (Å²) in [5.74, 6) is 2.04. The molecule has 3 atom stereocenters. The van der Waals surface area contributed by atoms with Crippen LogP contribution in [0.5, 0.6) is 5.75 Å². The molecule has 1 heterocycles. The first-order chi connectivity index (χ1) is 10.2. The van der Waals surface area contributed by atoms with E-state index in [0.29, 0.717) is 11.7 Å². The number of aliphatic hydroxyl groups excluding tert-OH is 1. The molecule has 1 saturated carbocycles. The van der Waals surface area contributed by atoms with Gasteiger partial charge in [0, 0.05) is 0 Å². The Bertz CT molecular complexity index is 597. The van der Waals surface area contributed by atoms with Gasteiger partial charge in [-0.2, -0.15) is 4.37 Å². The number of nitrogens with two attached hydrogens (primary N) is 1. The van der Waals surface area contributed by atoms with Gasteiger partial charge in [0.2, 0.25) is 0 Å². The number of aliphatic hydroxyl groups is 1. The van der Waals surface area contributed by atoms with E-state index in [-0.39, 0.29) is 0 Å². The highest BCUT2D eigenvalue weighted by molar-refractivity contribution is 7.13. The number of fused-ring (bicyclic) bond motifs is 1. The molecule has 0 bridgehead atoms. The van der Waals surface area contributed by atoms with Crippen LogP contribution in [0.1, 0.15) is 32.6 Å². The van der Waals surface area contributed by atoms with Crippen molar-refractivity contribution in [3.63, 3.8) is 0 Å². The maximum atomic E-state index is 10.3. The second-order valence-corrected chi connectivity index (χ2v) is 6.72. The van der Waals surface area contributed by atoms with Crippen LogP contribution in [-0.4, -0.2) is 21.8 Å². The average Bonchev–Trinajstić information content (AvgIpc) is 3.21. The number of ether oxygens (including phenoxy) is 1. The van der Waals surface area contributed by atoms with Crippen molar-refractivity contribution >= 4 is 21.6 Å². The Labute approximate surface area is 129 Å². The van der Waals surface area contributed by atoms with E-state index in [2.05, 4.69) is 11.3 Å². The monoisotopic (exact) mass is 306 g/mol. The van der Waals surface area contributed by atoms with Gasteiger partial charge in [-0.1, -0.05) is 19.4 Å². The molecule has 1 aliphatic rings. The minimum Gasteiger partial charge on any atom is -0.472 e. The topological polar surface area (TPSA) is 68.4 Å². The Morgan fingerprint density at radius 2 is 2.29 bits per heavy atom. The Morgan fingerprint density at radius 3 is 3.00 bits per heavy atom. The summed E-state index contributed by atoms with van der Waals surface area (Å²) in [5.41, 5.74) is 6.04. The lowest BCUT2D eigenvalue weighted by molar-refractivity contribution is 0.0219. The Morgan fingerprint density at radius 1 is 1.48 bits per heavy atom. The van der Waals surface area contributed by atoms with Crippen LogP contribution in [-0.2, 0) is 0 Å². The summed E-state index contributed by atoms with van der Waals surface area (Å²) in [6.07, 6.45) is 4.87. The quantitative estimate of drug-likeness (QED) is 0.771. The molecule has 1 aromatic heterocycles. The third-order valence-corrected chi connectivity index (χ3v) is 5.12. The van der Waals surface area contributed by atoms with Gasteiger partial charge in [-0.25, -0.2) is 0 Å². The molecule has 3 rings (SSSR count). The third kappa shape index (κ3) is 3.36. The van der Waals surface area contributed by atoms with Crippen molar-refractivity contribution in [1.29, 1.82) is 0 Å². The predicted octanol–water partition coefficient (Wildman–Crippen LogP) is 3.15. The zero-order valence-corrected chi connectivity index (χ0v) is 13.1. The minimum absolute atomic E-state index is 0.563. The summed E-state index contributed by atoms with van der Waals surface area (Å²) in [6.45, 7) is 2.18. The fourth-order valence-electron chi connectivity index (χ4n) is 2.90. The fraction of sp³-hybridized carbons (Fsp3) is 0.562. The minimum atomic E-state index is -0.691. The predicted molar refractivity (Wildman–Crippen MR) is 85.4 cm³/mol. The lowest BCUT2D eigenvalue weighted by Gasteiger charge is -2.24. The van der Waals surface area contributed by atoms with Crippen LogP contribution in [0.25, 0.3) is 10.1 Å². The highest BCUT2D eigenvalue weighted by Crippen LogP contribution is 2.41. The Hall–Kier alpha value is -1.17. The first kappa shape index (κ1) is 14.8. The van der Waals surface area contributed by atoms with E-state index < -0.39 is 12.3 Å². The van der Waals surface area contributed by atoms with E-state index in [0.717, 1.165) is 28.8 Å². The number of rotatable bonds is 7. The van der Waals surface area contributed by atoms with Gasteiger partial charge >= 0.3 is 0 Å². The average molecular weight is 306 g/mol.